The Morgan fingerprint density at radius 1 is 1.23 bits per heavy atom. The van der Waals surface area contributed by atoms with E-state index >= 15 is 0 Å². The fourth-order valence-corrected chi connectivity index (χ4v) is 3.08. The van der Waals surface area contributed by atoms with Crippen molar-refractivity contribution in [3.8, 4) is 0 Å². The van der Waals surface area contributed by atoms with Crippen LogP contribution in [0.25, 0.3) is 0 Å². The number of nitrogens with one attached hydrogen (secondary N) is 1. The quantitative estimate of drug-likeness (QED) is 0.926. The Morgan fingerprint density at radius 2 is 2.00 bits per heavy atom. The Bertz CT molecular complexity index is 755. The highest BCUT2D eigenvalue weighted by molar-refractivity contribution is 5.77. The predicted molar refractivity (Wildman–Crippen MR) is 83.1 cm³/mol. The molecule has 1 amide bonds. The predicted octanol–water partition coefficient (Wildman–Crippen LogP) is 3.20. The molecule has 1 fully saturated rings. The molecule has 2 aliphatic carbocycles. The number of aryl methyl sites for hydroxylation is 1. The summed E-state index contributed by atoms with van der Waals surface area (Å²) >= 11 is 0. The highest BCUT2D eigenvalue weighted by atomic mass is 16.5. The number of rotatable bonds is 2. The summed E-state index contributed by atoms with van der Waals surface area (Å²) in [7, 11) is 0. The topological polar surface area (TPSA) is 64.2 Å². The van der Waals surface area contributed by atoms with Crippen LogP contribution in [-0.2, 0) is 6.42 Å². The van der Waals surface area contributed by atoms with Crippen molar-refractivity contribution in [1.29, 1.82) is 0 Å². The number of carbonyl (C=O) groups is 1. The van der Waals surface area contributed by atoms with Gasteiger partial charge in [-0.05, 0) is 36.8 Å². The number of hydrogen-bond acceptors (Lipinski definition) is 3. The van der Waals surface area contributed by atoms with Crippen LogP contribution < -0.4 is 10.9 Å². The second-order valence-electron chi connectivity index (χ2n) is 5.79. The second-order valence-corrected chi connectivity index (χ2v) is 5.79. The molecule has 5 nitrogen and oxygen atoms in total. The molecule has 2 aromatic rings. The van der Waals surface area contributed by atoms with E-state index < -0.39 is 5.63 Å². The third-order valence-corrected chi connectivity index (χ3v) is 4.29. The number of benzene rings is 1. The normalized spacial score (nSPS) is 19.4. The fraction of sp³-hybridized carbons (Fsp3) is 0.412. The van der Waals surface area contributed by atoms with E-state index in [1.807, 2.05) is 18.2 Å². The Balaban J connectivity index is 0.00000144. The average molecular weight is 300 g/mol. The molecule has 0 unspecified atom stereocenters. The monoisotopic (exact) mass is 300 g/mol. The maximum absolute atomic E-state index is 12.4. The number of hydrogen-bond donors (Lipinski definition) is 1. The molecule has 0 radical (unpaired) electrons. The van der Waals surface area contributed by atoms with Crippen LogP contribution in [0, 0.1) is 0 Å². The van der Waals surface area contributed by atoms with Crippen LogP contribution in [0.5, 0.6) is 0 Å². The van der Waals surface area contributed by atoms with Crippen molar-refractivity contribution in [2.45, 2.75) is 45.1 Å². The summed E-state index contributed by atoms with van der Waals surface area (Å²) in [4.78, 5) is 23.8. The van der Waals surface area contributed by atoms with E-state index in [0.717, 1.165) is 36.0 Å². The van der Waals surface area contributed by atoms with Gasteiger partial charge in [0.25, 0.3) is 0 Å². The summed E-state index contributed by atoms with van der Waals surface area (Å²) in [5.74, 6) is 0.290. The Morgan fingerprint density at radius 3 is 2.77 bits per heavy atom. The van der Waals surface area contributed by atoms with Crippen LogP contribution >= 0.6 is 0 Å². The van der Waals surface area contributed by atoms with Gasteiger partial charge in [0.1, 0.15) is 0 Å². The first-order valence-electron chi connectivity index (χ1n) is 7.34. The molecule has 1 saturated carbocycles. The van der Waals surface area contributed by atoms with Gasteiger partial charge in [-0.3, -0.25) is 0 Å². The lowest BCUT2D eigenvalue weighted by molar-refractivity contribution is 0.200. The van der Waals surface area contributed by atoms with E-state index in [9.17, 15) is 9.59 Å². The van der Waals surface area contributed by atoms with E-state index in [-0.39, 0.29) is 25.4 Å². The maximum atomic E-state index is 12.4. The SMILES string of the molecule is C.O=C(N[C@H]1CCc2ccccc21)n1oc(=O)cc1C1CC1. The molecule has 0 spiro atoms. The molecule has 116 valence electrons. The first kappa shape index (κ1) is 14.6. The van der Waals surface area contributed by atoms with Gasteiger partial charge < -0.3 is 9.84 Å². The zero-order valence-corrected chi connectivity index (χ0v) is 11.5. The number of fused-ring (bicyclic) bond motifs is 1. The highest BCUT2D eigenvalue weighted by Gasteiger charge is 2.32. The second kappa shape index (κ2) is 5.48. The maximum Gasteiger partial charge on any atom is 0.358 e. The van der Waals surface area contributed by atoms with E-state index in [1.165, 1.54) is 11.6 Å². The molecule has 1 heterocycles. The molecule has 2 aliphatic rings. The van der Waals surface area contributed by atoms with Gasteiger partial charge in [0.05, 0.1) is 11.7 Å². The minimum atomic E-state index is -0.459. The largest absolute Gasteiger partial charge is 0.358 e. The lowest BCUT2D eigenvalue weighted by Gasteiger charge is -2.14. The van der Waals surface area contributed by atoms with Crippen LogP contribution in [0.4, 0.5) is 4.79 Å². The van der Waals surface area contributed by atoms with Crippen LogP contribution in [0.15, 0.2) is 39.6 Å². The number of carbonyl (C=O) groups excluding carboxylic acids is 1. The first-order chi connectivity index (χ1) is 10.2. The molecular formula is C17H20N2O3. The molecule has 1 aromatic carbocycles. The van der Waals surface area contributed by atoms with E-state index in [4.69, 9.17) is 4.52 Å². The van der Waals surface area contributed by atoms with Crippen molar-refractivity contribution >= 4 is 6.03 Å². The van der Waals surface area contributed by atoms with E-state index in [1.54, 1.807) is 0 Å². The van der Waals surface area contributed by atoms with E-state index in [0.29, 0.717) is 5.69 Å². The van der Waals surface area contributed by atoms with Crippen molar-refractivity contribution in [2.75, 3.05) is 0 Å². The van der Waals surface area contributed by atoms with Gasteiger partial charge in [0.15, 0.2) is 0 Å². The average Bonchev–Trinajstić information content (AvgIpc) is 3.15. The van der Waals surface area contributed by atoms with Gasteiger partial charge in [-0.2, -0.15) is 0 Å². The van der Waals surface area contributed by atoms with Gasteiger partial charge >= 0.3 is 11.7 Å². The molecule has 22 heavy (non-hydrogen) atoms. The first-order valence-corrected chi connectivity index (χ1v) is 7.34. The summed E-state index contributed by atoms with van der Waals surface area (Å²) in [6.45, 7) is 0. The van der Waals surface area contributed by atoms with Crippen molar-refractivity contribution in [3.05, 3.63) is 57.6 Å². The lowest BCUT2D eigenvalue weighted by atomic mass is 10.1. The summed E-state index contributed by atoms with van der Waals surface area (Å²) in [5.41, 5.74) is 2.68. The van der Waals surface area contributed by atoms with Gasteiger partial charge in [0, 0.05) is 12.0 Å². The molecular weight excluding hydrogens is 280 g/mol. The molecule has 1 N–H and O–H groups in total. The zero-order chi connectivity index (χ0) is 14.4. The summed E-state index contributed by atoms with van der Waals surface area (Å²) < 4.78 is 6.16. The number of aromatic nitrogens is 1. The van der Waals surface area contributed by atoms with Crippen molar-refractivity contribution in [2.24, 2.45) is 0 Å². The number of amides is 1. The molecule has 1 aromatic heterocycles. The Kier molecular flexibility index (Phi) is 3.64. The van der Waals surface area contributed by atoms with Crippen molar-refractivity contribution in [1.82, 2.24) is 10.1 Å². The van der Waals surface area contributed by atoms with Crippen LogP contribution in [0.2, 0.25) is 0 Å². The molecule has 4 rings (SSSR count). The molecule has 0 bridgehead atoms. The third kappa shape index (κ3) is 2.47. The smallest absolute Gasteiger partial charge is 0.328 e. The Labute approximate surface area is 128 Å². The summed E-state index contributed by atoms with van der Waals surface area (Å²) in [6.07, 6.45) is 3.87. The van der Waals surface area contributed by atoms with Gasteiger partial charge in [0.2, 0.25) is 0 Å². The summed E-state index contributed by atoms with van der Waals surface area (Å²) in [6, 6.07) is 9.20. The molecule has 1 atom stereocenters. The van der Waals surface area contributed by atoms with Crippen molar-refractivity contribution < 1.29 is 9.32 Å². The number of nitrogens with zero attached hydrogens (tertiary/aromatic N) is 1. The van der Waals surface area contributed by atoms with Crippen LogP contribution in [-0.4, -0.2) is 10.8 Å². The van der Waals surface area contributed by atoms with E-state index in [2.05, 4.69) is 11.4 Å². The molecule has 0 saturated heterocycles. The fourth-order valence-electron chi connectivity index (χ4n) is 3.08. The minimum absolute atomic E-state index is 0. The molecule has 5 heteroatoms. The van der Waals surface area contributed by atoms with Crippen molar-refractivity contribution in [3.63, 3.8) is 0 Å². The van der Waals surface area contributed by atoms with Gasteiger partial charge in [-0.25, -0.2) is 9.59 Å². The highest BCUT2D eigenvalue weighted by Crippen LogP contribution is 2.39. The van der Waals surface area contributed by atoms with Crippen LogP contribution in [0.3, 0.4) is 0 Å². The minimum Gasteiger partial charge on any atom is -0.328 e. The zero-order valence-electron chi connectivity index (χ0n) is 11.5. The summed E-state index contributed by atoms with van der Waals surface area (Å²) in [5, 5.41) is 2.98. The van der Waals surface area contributed by atoms with Gasteiger partial charge in [-0.15, -0.1) is 4.74 Å². The lowest BCUT2D eigenvalue weighted by Crippen LogP contribution is -2.32. The molecule has 0 aliphatic heterocycles. The third-order valence-electron chi connectivity index (χ3n) is 4.29. The Hall–Kier alpha value is -2.30. The van der Waals surface area contributed by atoms with Gasteiger partial charge in [-0.1, -0.05) is 31.7 Å². The standard InChI is InChI=1S/C16H16N2O3.CH4/c19-15-9-14(11-5-6-11)18(21-15)16(20)17-13-8-7-10-3-1-2-4-12(10)13;/h1-4,9,11,13H,5-8H2,(H,17,20);1H4/t13-;/m0./s1. The van der Waals surface area contributed by atoms with Crippen LogP contribution in [0.1, 0.15) is 55.5 Å².